The van der Waals surface area contributed by atoms with Crippen LogP contribution in [-0.2, 0) is 16.0 Å². The van der Waals surface area contributed by atoms with Gasteiger partial charge in [-0.15, -0.1) is 0 Å². The van der Waals surface area contributed by atoms with Crippen molar-refractivity contribution in [2.45, 2.75) is 20.3 Å². The fourth-order valence-electron chi connectivity index (χ4n) is 2.64. The lowest BCUT2D eigenvalue weighted by Crippen LogP contribution is -2.03. The number of rotatable bonds is 7. The maximum atomic E-state index is 11.2. The van der Waals surface area contributed by atoms with Crippen LogP contribution >= 0.6 is 0 Å². The number of carboxylic acids is 1. The van der Waals surface area contributed by atoms with Gasteiger partial charge in [0, 0.05) is 18.1 Å². The molecule has 0 saturated carbocycles. The Morgan fingerprint density at radius 2 is 2.04 bits per heavy atom. The van der Waals surface area contributed by atoms with Gasteiger partial charge in [-0.05, 0) is 42.0 Å². The molecule has 0 aliphatic heterocycles. The van der Waals surface area contributed by atoms with E-state index in [0.29, 0.717) is 11.5 Å². The number of hydrogen-bond donors (Lipinski definition) is 1. The highest BCUT2D eigenvalue weighted by Crippen LogP contribution is 2.41. The summed E-state index contributed by atoms with van der Waals surface area (Å²) in [6.07, 6.45) is 2.46. The van der Waals surface area contributed by atoms with Gasteiger partial charge in [0.05, 0.1) is 7.11 Å². The van der Waals surface area contributed by atoms with E-state index in [-0.39, 0.29) is 12.4 Å². The molecule has 0 heterocycles. The van der Waals surface area contributed by atoms with Crippen LogP contribution in [0.3, 0.4) is 0 Å². The summed E-state index contributed by atoms with van der Waals surface area (Å²) >= 11 is 0. The standard InChI is InChI=1S/C19H22O5/c1-5-13-7-6-8-15-14(9-12(2)19(20)21)10-16(23-4)18(17(13)15)24-11-22-3/h6-10H,5,11H2,1-4H3,(H,20,21)/b12-9+. The summed E-state index contributed by atoms with van der Waals surface area (Å²) in [5.74, 6) is 0.204. The average Bonchev–Trinajstić information content (AvgIpc) is 2.59. The Hall–Kier alpha value is -2.53. The molecular weight excluding hydrogens is 308 g/mol. The van der Waals surface area contributed by atoms with E-state index in [1.807, 2.05) is 18.2 Å². The second-order valence-electron chi connectivity index (χ2n) is 5.37. The minimum absolute atomic E-state index is 0.104. The molecule has 0 aliphatic carbocycles. The Morgan fingerprint density at radius 3 is 2.62 bits per heavy atom. The number of carbonyl (C=O) groups is 1. The summed E-state index contributed by atoms with van der Waals surface area (Å²) in [5.41, 5.74) is 2.13. The lowest BCUT2D eigenvalue weighted by Gasteiger charge is -2.17. The van der Waals surface area contributed by atoms with Gasteiger partial charge in [-0.25, -0.2) is 4.79 Å². The highest BCUT2D eigenvalue weighted by Gasteiger charge is 2.16. The van der Waals surface area contributed by atoms with Gasteiger partial charge in [-0.2, -0.15) is 0 Å². The lowest BCUT2D eigenvalue weighted by atomic mass is 9.96. The molecule has 0 bridgehead atoms. The smallest absolute Gasteiger partial charge is 0.331 e. The minimum Gasteiger partial charge on any atom is -0.493 e. The number of aryl methyl sites for hydroxylation is 1. The number of aliphatic carboxylic acids is 1. The van der Waals surface area contributed by atoms with Crippen LogP contribution in [0.2, 0.25) is 0 Å². The van der Waals surface area contributed by atoms with Crippen molar-refractivity contribution in [2.75, 3.05) is 21.0 Å². The second kappa shape index (κ2) is 7.84. The van der Waals surface area contributed by atoms with E-state index in [1.165, 1.54) is 0 Å². The fraction of sp³-hybridized carbons (Fsp3) is 0.316. The molecule has 0 spiro atoms. The van der Waals surface area contributed by atoms with E-state index < -0.39 is 5.97 Å². The lowest BCUT2D eigenvalue weighted by molar-refractivity contribution is -0.132. The molecule has 1 N–H and O–H groups in total. The summed E-state index contributed by atoms with van der Waals surface area (Å²) < 4.78 is 16.3. The Morgan fingerprint density at radius 1 is 1.29 bits per heavy atom. The van der Waals surface area contributed by atoms with E-state index >= 15 is 0 Å². The van der Waals surface area contributed by atoms with Gasteiger partial charge in [0.2, 0.25) is 0 Å². The summed E-state index contributed by atoms with van der Waals surface area (Å²) in [7, 11) is 3.12. The molecule has 5 nitrogen and oxygen atoms in total. The van der Waals surface area contributed by atoms with Gasteiger partial charge in [0.15, 0.2) is 18.3 Å². The Labute approximate surface area is 141 Å². The van der Waals surface area contributed by atoms with Crippen molar-refractivity contribution in [1.82, 2.24) is 0 Å². The van der Waals surface area contributed by atoms with Gasteiger partial charge < -0.3 is 19.3 Å². The fourth-order valence-corrected chi connectivity index (χ4v) is 2.64. The van der Waals surface area contributed by atoms with Crippen LogP contribution in [0.5, 0.6) is 11.5 Å². The first kappa shape index (κ1) is 17.8. The Balaban J connectivity index is 2.82. The minimum atomic E-state index is -0.950. The predicted molar refractivity (Wildman–Crippen MR) is 93.7 cm³/mol. The largest absolute Gasteiger partial charge is 0.493 e. The van der Waals surface area contributed by atoms with Crippen LogP contribution in [0.15, 0.2) is 29.8 Å². The van der Waals surface area contributed by atoms with Gasteiger partial charge in [-0.3, -0.25) is 0 Å². The van der Waals surface area contributed by atoms with Crippen LogP contribution in [0.1, 0.15) is 25.0 Å². The number of carboxylic acid groups (broad SMARTS) is 1. The summed E-state index contributed by atoms with van der Waals surface area (Å²) in [4.78, 5) is 11.2. The van der Waals surface area contributed by atoms with Crippen LogP contribution in [0, 0.1) is 0 Å². The second-order valence-corrected chi connectivity index (χ2v) is 5.37. The molecule has 0 unspecified atom stereocenters. The first-order valence-corrected chi connectivity index (χ1v) is 7.69. The van der Waals surface area contributed by atoms with Crippen molar-refractivity contribution in [3.05, 3.63) is 41.0 Å². The summed E-state index contributed by atoms with van der Waals surface area (Å²) in [5, 5.41) is 11.0. The molecule has 0 atom stereocenters. The molecule has 24 heavy (non-hydrogen) atoms. The molecule has 0 saturated heterocycles. The Kier molecular flexibility index (Phi) is 5.82. The molecule has 0 amide bonds. The number of methoxy groups -OCH3 is 2. The quantitative estimate of drug-likeness (QED) is 0.616. The Bertz CT molecular complexity index is 777. The number of fused-ring (bicyclic) bond motifs is 1. The van der Waals surface area contributed by atoms with Crippen molar-refractivity contribution in [3.8, 4) is 11.5 Å². The van der Waals surface area contributed by atoms with Gasteiger partial charge >= 0.3 is 5.97 Å². The zero-order valence-corrected chi connectivity index (χ0v) is 14.4. The zero-order chi connectivity index (χ0) is 17.7. The van der Waals surface area contributed by atoms with E-state index in [2.05, 4.69) is 6.92 Å². The molecule has 2 aromatic rings. The normalized spacial score (nSPS) is 11.6. The summed E-state index contributed by atoms with van der Waals surface area (Å²) in [6, 6.07) is 7.73. The van der Waals surface area contributed by atoms with Gasteiger partial charge in [0.25, 0.3) is 0 Å². The van der Waals surface area contributed by atoms with Gasteiger partial charge in [0.1, 0.15) is 0 Å². The number of ether oxygens (including phenoxy) is 3. The first-order valence-electron chi connectivity index (χ1n) is 7.69. The highest BCUT2D eigenvalue weighted by molar-refractivity contribution is 6.02. The monoisotopic (exact) mass is 330 g/mol. The SMILES string of the molecule is CCc1cccc2c(/C=C(\C)C(=O)O)cc(OC)c(OCOC)c12. The molecule has 0 aromatic heterocycles. The van der Waals surface area contributed by atoms with E-state index in [4.69, 9.17) is 14.2 Å². The van der Waals surface area contributed by atoms with E-state index in [1.54, 1.807) is 33.3 Å². The predicted octanol–water partition coefficient (Wildman–Crippen LogP) is 3.88. The third-order valence-electron chi connectivity index (χ3n) is 3.83. The molecule has 2 aromatic carbocycles. The van der Waals surface area contributed by atoms with Crippen molar-refractivity contribution < 1.29 is 24.1 Å². The van der Waals surface area contributed by atoms with Crippen LogP contribution in [0.25, 0.3) is 16.8 Å². The number of benzene rings is 2. The number of hydrogen-bond acceptors (Lipinski definition) is 4. The highest BCUT2D eigenvalue weighted by atomic mass is 16.7. The van der Waals surface area contributed by atoms with Crippen molar-refractivity contribution >= 4 is 22.8 Å². The third kappa shape index (κ3) is 3.51. The first-order chi connectivity index (χ1) is 11.5. The van der Waals surface area contributed by atoms with Crippen LogP contribution in [0.4, 0.5) is 0 Å². The molecule has 0 fully saturated rings. The van der Waals surface area contributed by atoms with Crippen molar-refractivity contribution in [1.29, 1.82) is 0 Å². The maximum Gasteiger partial charge on any atom is 0.331 e. The molecule has 128 valence electrons. The van der Waals surface area contributed by atoms with E-state index in [9.17, 15) is 9.90 Å². The topological polar surface area (TPSA) is 65.0 Å². The average molecular weight is 330 g/mol. The molecule has 5 heteroatoms. The van der Waals surface area contributed by atoms with Crippen LogP contribution in [-0.4, -0.2) is 32.1 Å². The van der Waals surface area contributed by atoms with Crippen LogP contribution < -0.4 is 9.47 Å². The zero-order valence-electron chi connectivity index (χ0n) is 14.4. The molecule has 2 rings (SSSR count). The van der Waals surface area contributed by atoms with Gasteiger partial charge in [-0.1, -0.05) is 25.1 Å². The van der Waals surface area contributed by atoms with Crippen molar-refractivity contribution in [2.24, 2.45) is 0 Å². The molecular formula is C19H22O5. The maximum absolute atomic E-state index is 11.2. The molecule has 0 aliphatic rings. The summed E-state index contributed by atoms with van der Waals surface area (Å²) in [6.45, 7) is 3.73. The molecule has 0 radical (unpaired) electrons. The van der Waals surface area contributed by atoms with Crippen molar-refractivity contribution in [3.63, 3.8) is 0 Å². The van der Waals surface area contributed by atoms with E-state index in [0.717, 1.165) is 28.3 Å². The third-order valence-corrected chi connectivity index (χ3v) is 3.83.